The van der Waals surface area contributed by atoms with E-state index in [1.807, 2.05) is 30.3 Å². The number of esters is 1. The molecule has 4 rings (SSSR count). The number of fused-ring (bicyclic) bond motifs is 1. The number of aromatic nitrogens is 3. The van der Waals surface area contributed by atoms with E-state index in [2.05, 4.69) is 10.2 Å². The molecule has 2 aromatic carbocycles. The maximum atomic E-state index is 13.1. The Kier molecular flexibility index (Phi) is 4.04. The van der Waals surface area contributed by atoms with Crippen LogP contribution in [0.4, 0.5) is 0 Å². The summed E-state index contributed by atoms with van der Waals surface area (Å²) in [5.41, 5.74) is 1.28. The number of carbonyl (C=O) groups is 1. The van der Waals surface area contributed by atoms with Gasteiger partial charge in [0.2, 0.25) is 5.43 Å². The Morgan fingerprint density at radius 3 is 2.67 bits per heavy atom. The van der Waals surface area contributed by atoms with E-state index in [0.29, 0.717) is 33.9 Å². The van der Waals surface area contributed by atoms with Crippen molar-refractivity contribution in [3.8, 4) is 22.8 Å². The molecule has 134 valence electrons. The SMILES string of the molecule is CC(=O)Oc1ccc2c(=O)c(-c3nncn3-c3ccccc3)c(C)oc2c1. The normalized spacial score (nSPS) is 10.9. The number of ether oxygens (including phenoxy) is 1. The Morgan fingerprint density at radius 2 is 1.93 bits per heavy atom. The maximum absolute atomic E-state index is 13.1. The number of para-hydroxylation sites is 1. The fourth-order valence-corrected chi connectivity index (χ4v) is 2.96. The number of aryl methyl sites for hydroxylation is 1. The third kappa shape index (κ3) is 2.99. The van der Waals surface area contributed by atoms with Gasteiger partial charge in [0.25, 0.3) is 0 Å². The van der Waals surface area contributed by atoms with Crippen LogP contribution in [0.1, 0.15) is 12.7 Å². The van der Waals surface area contributed by atoms with Gasteiger partial charge in [-0.25, -0.2) is 0 Å². The average molecular weight is 361 g/mol. The molecule has 0 fully saturated rings. The van der Waals surface area contributed by atoms with Crippen molar-refractivity contribution in [2.75, 3.05) is 0 Å². The van der Waals surface area contributed by atoms with Crippen molar-refractivity contribution in [3.63, 3.8) is 0 Å². The molecule has 0 N–H and O–H groups in total. The van der Waals surface area contributed by atoms with Crippen LogP contribution < -0.4 is 10.2 Å². The Labute approximate surface area is 153 Å². The van der Waals surface area contributed by atoms with Crippen molar-refractivity contribution in [2.45, 2.75) is 13.8 Å². The van der Waals surface area contributed by atoms with Crippen LogP contribution in [0.3, 0.4) is 0 Å². The number of hydrogen-bond donors (Lipinski definition) is 0. The van der Waals surface area contributed by atoms with Crippen molar-refractivity contribution in [3.05, 3.63) is 70.8 Å². The molecule has 0 bridgehead atoms. The summed E-state index contributed by atoms with van der Waals surface area (Å²) in [5, 5.41) is 8.46. The molecule has 7 heteroatoms. The molecular formula is C20H15N3O4. The van der Waals surface area contributed by atoms with E-state index in [1.165, 1.54) is 13.0 Å². The molecule has 0 aliphatic heterocycles. The molecule has 4 aromatic rings. The summed E-state index contributed by atoms with van der Waals surface area (Å²) in [7, 11) is 0. The number of carbonyl (C=O) groups excluding carboxylic acids is 1. The summed E-state index contributed by atoms with van der Waals surface area (Å²) in [5.74, 6) is 0.676. The molecule has 0 atom stereocenters. The lowest BCUT2D eigenvalue weighted by atomic mass is 10.1. The second kappa shape index (κ2) is 6.53. The van der Waals surface area contributed by atoms with E-state index in [9.17, 15) is 9.59 Å². The van der Waals surface area contributed by atoms with Gasteiger partial charge in [-0.3, -0.25) is 14.2 Å². The minimum absolute atomic E-state index is 0.228. The number of nitrogens with zero attached hydrogens (tertiary/aromatic N) is 3. The fraction of sp³-hybridized carbons (Fsp3) is 0.100. The summed E-state index contributed by atoms with van der Waals surface area (Å²) >= 11 is 0. The van der Waals surface area contributed by atoms with Crippen LogP contribution in [-0.4, -0.2) is 20.7 Å². The molecule has 27 heavy (non-hydrogen) atoms. The van der Waals surface area contributed by atoms with Gasteiger partial charge in [-0.05, 0) is 31.2 Å². The van der Waals surface area contributed by atoms with Crippen molar-refractivity contribution >= 4 is 16.9 Å². The molecule has 7 nitrogen and oxygen atoms in total. The van der Waals surface area contributed by atoms with E-state index >= 15 is 0 Å². The van der Waals surface area contributed by atoms with Gasteiger partial charge in [-0.15, -0.1) is 10.2 Å². The van der Waals surface area contributed by atoms with Crippen LogP contribution in [-0.2, 0) is 4.79 Å². The first-order chi connectivity index (χ1) is 13.0. The zero-order chi connectivity index (χ0) is 19.0. The molecular weight excluding hydrogens is 346 g/mol. The molecule has 0 aliphatic rings. The fourth-order valence-electron chi connectivity index (χ4n) is 2.96. The first-order valence-corrected chi connectivity index (χ1v) is 8.26. The van der Waals surface area contributed by atoms with Gasteiger partial charge < -0.3 is 9.15 Å². The summed E-state index contributed by atoms with van der Waals surface area (Å²) in [6.45, 7) is 3.00. The van der Waals surface area contributed by atoms with E-state index in [1.54, 1.807) is 30.0 Å². The lowest BCUT2D eigenvalue weighted by molar-refractivity contribution is -0.131. The predicted molar refractivity (Wildman–Crippen MR) is 98.9 cm³/mol. The van der Waals surface area contributed by atoms with Gasteiger partial charge in [0.15, 0.2) is 5.82 Å². The largest absolute Gasteiger partial charge is 0.460 e. The first kappa shape index (κ1) is 16.7. The molecule has 2 aromatic heterocycles. The number of hydrogen-bond acceptors (Lipinski definition) is 6. The molecule has 0 aliphatic carbocycles. The lowest BCUT2D eigenvalue weighted by Gasteiger charge is -2.09. The van der Waals surface area contributed by atoms with E-state index in [0.717, 1.165) is 5.69 Å². The third-order valence-corrected chi connectivity index (χ3v) is 4.11. The highest BCUT2D eigenvalue weighted by molar-refractivity contribution is 5.83. The minimum atomic E-state index is -0.444. The monoisotopic (exact) mass is 361 g/mol. The standard InChI is InChI=1S/C20H15N3O4/c1-12-18(20-22-21-11-23(20)14-6-4-3-5-7-14)19(25)16-9-8-15(27-13(2)24)10-17(16)26-12/h3-11H,1-2H3. The van der Waals surface area contributed by atoms with Crippen LogP contribution in [0.25, 0.3) is 28.0 Å². The molecule has 0 radical (unpaired) electrons. The molecule has 0 saturated carbocycles. The van der Waals surface area contributed by atoms with Crippen LogP contribution in [0.15, 0.2) is 64.1 Å². The van der Waals surface area contributed by atoms with Crippen molar-refractivity contribution in [2.24, 2.45) is 0 Å². The third-order valence-electron chi connectivity index (χ3n) is 4.11. The summed E-state index contributed by atoms with van der Waals surface area (Å²) in [6, 6.07) is 14.2. The van der Waals surface area contributed by atoms with Crippen LogP contribution in [0.5, 0.6) is 5.75 Å². The zero-order valence-electron chi connectivity index (χ0n) is 14.7. The van der Waals surface area contributed by atoms with Crippen LogP contribution >= 0.6 is 0 Å². The highest BCUT2D eigenvalue weighted by atomic mass is 16.5. The second-order valence-electron chi connectivity index (χ2n) is 5.97. The van der Waals surface area contributed by atoms with Gasteiger partial charge in [0, 0.05) is 18.7 Å². The number of rotatable bonds is 3. The molecule has 0 amide bonds. The highest BCUT2D eigenvalue weighted by Gasteiger charge is 2.19. The van der Waals surface area contributed by atoms with Crippen molar-refractivity contribution in [1.82, 2.24) is 14.8 Å². The van der Waals surface area contributed by atoms with Gasteiger partial charge in [-0.2, -0.15) is 0 Å². The highest BCUT2D eigenvalue weighted by Crippen LogP contribution is 2.26. The van der Waals surface area contributed by atoms with Crippen LogP contribution in [0, 0.1) is 6.92 Å². The lowest BCUT2D eigenvalue weighted by Crippen LogP contribution is -2.11. The zero-order valence-corrected chi connectivity index (χ0v) is 14.7. The molecule has 0 saturated heterocycles. The quantitative estimate of drug-likeness (QED) is 0.411. The van der Waals surface area contributed by atoms with E-state index in [4.69, 9.17) is 9.15 Å². The summed E-state index contributed by atoms with van der Waals surface area (Å²) in [4.78, 5) is 24.2. The van der Waals surface area contributed by atoms with Crippen LogP contribution in [0.2, 0.25) is 0 Å². The second-order valence-corrected chi connectivity index (χ2v) is 5.97. The number of benzene rings is 2. The Morgan fingerprint density at radius 1 is 1.15 bits per heavy atom. The molecule has 0 unspecified atom stereocenters. The topological polar surface area (TPSA) is 87.2 Å². The van der Waals surface area contributed by atoms with Gasteiger partial charge in [-0.1, -0.05) is 18.2 Å². The summed E-state index contributed by atoms with van der Waals surface area (Å²) in [6.07, 6.45) is 1.55. The van der Waals surface area contributed by atoms with Crippen molar-refractivity contribution in [1.29, 1.82) is 0 Å². The first-order valence-electron chi connectivity index (χ1n) is 8.26. The van der Waals surface area contributed by atoms with Gasteiger partial charge in [0.1, 0.15) is 29.0 Å². The van der Waals surface area contributed by atoms with E-state index in [-0.39, 0.29) is 5.43 Å². The molecule has 2 heterocycles. The smallest absolute Gasteiger partial charge is 0.308 e. The Balaban J connectivity index is 1.91. The molecule has 0 spiro atoms. The van der Waals surface area contributed by atoms with Gasteiger partial charge >= 0.3 is 5.97 Å². The van der Waals surface area contributed by atoms with Crippen molar-refractivity contribution < 1.29 is 13.9 Å². The average Bonchev–Trinajstić information content (AvgIpc) is 3.11. The summed E-state index contributed by atoms with van der Waals surface area (Å²) < 4.78 is 12.6. The predicted octanol–water partition coefficient (Wildman–Crippen LogP) is 3.27. The van der Waals surface area contributed by atoms with E-state index < -0.39 is 5.97 Å². The Bertz CT molecular complexity index is 1210. The minimum Gasteiger partial charge on any atom is -0.460 e. The Hall–Kier alpha value is -3.74. The maximum Gasteiger partial charge on any atom is 0.308 e. The van der Waals surface area contributed by atoms with Gasteiger partial charge in [0.05, 0.1) is 5.39 Å².